The molecule has 2 unspecified atom stereocenters. The Labute approximate surface area is 169 Å². The zero-order chi connectivity index (χ0) is 19.9. The molecule has 7 heteroatoms. The number of carbonyl (C=O) groups excluding carboxylic acids is 1. The summed E-state index contributed by atoms with van der Waals surface area (Å²) in [6.45, 7) is 2.55. The molecular weight excluding hydrogens is 380 g/mol. The Bertz CT molecular complexity index is 784. The van der Waals surface area contributed by atoms with E-state index >= 15 is 0 Å². The van der Waals surface area contributed by atoms with E-state index in [-0.39, 0.29) is 19.3 Å². The van der Waals surface area contributed by atoms with Gasteiger partial charge in [0.25, 0.3) is 0 Å². The van der Waals surface area contributed by atoms with Crippen molar-refractivity contribution in [1.82, 2.24) is 4.90 Å². The van der Waals surface area contributed by atoms with Gasteiger partial charge in [0.1, 0.15) is 11.9 Å². The summed E-state index contributed by atoms with van der Waals surface area (Å²) < 4.78 is 11.5. The lowest BCUT2D eigenvalue weighted by Crippen LogP contribution is -2.34. The predicted octanol–water partition coefficient (Wildman–Crippen LogP) is 2.47. The Morgan fingerprint density at radius 1 is 1.25 bits per heavy atom. The van der Waals surface area contributed by atoms with E-state index in [1.165, 1.54) is 0 Å². The van der Waals surface area contributed by atoms with Crippen molar-refractivity contribution < 1.29 is 19.4 Å². The topological polar surface area (TPSA) is 85.0 Å². The van der Waals surface area contributed by atoms with Gasteiger partial charge in [0.05, 0.1) is 19.3 Å². The number of primary amides is 1. The highest BCUT2D eigenvalue weighted by atomic mass is 35.5. The molecule has 1 heterocycles. The smallest absolute Gasteiger partial charge is 0.249 e. The van der Waals surface area contributed by atoms with E-state index in [2.05, 4.69) is 4.90 Å². The molecule has 2 aromatic rings. The monoisotopic (exact) mass is 404 g/mol. The van der Waals surface area contributed by atoms with E-state index in [9.17, 15) is 9.90 Å². The molecule has 1 saturated heterocycles. The number of nitrogens with zero attached hydrogens (tertiary/aromatic N) is 1. The lowest BCUT2D eigenvalue weighted by atomic mass is 10.1. The number of ether oxygens (including phenoxy) is 2. The number of aliphatic hydroxyl groups excluding tert-OH is 1. The summed E-state index contributed by atoms with van der Waals surface area (Å²) in [5.41, 5.74) is 6.53. The van der Waals surface area contributed by atoms with E-state index in [0.717, 1.165) is 30.8 Å². The van der Waals surface area contributed by atoms with Gasteiger partial charge in [0.15, 0.2) is 0 Å². The SMILES string of the molecule is NC(=O)c1ccccc1COCC(O)CN1CCC(Oc2ccc(Cl)cc2)C1. The number of nitrogens with two attached hydrogens (primary N) is 1. The van der Waals surface area contributed by atoms with Crippen LogP contribution in [0.2, 0.25) is 5.02 Å². The number of benzene rings is 2. The van der Waals surface area contributed by atoms with Crippen molar-refractivity contribution in [2.45, 2.75) is 25.2 Å². The van der Waals surface area contributed by atoms with Gasteiger partial charge in [0.2, 0.25) is 5.91 Å². The zero-order valence-corrected chi connectivity index (χ0v) is 16.3. The quantitative estimate of drug-likeness (QED) is 0.670. The lowest BCUT2D eigenvalue weighted by molar-refractivity contribution is 0.0119. The molecule has 6 nitrogen and oxygen atoms in total. The molecule has 0 aromatic heterocycles. The zero-order valence-electron chi connectivity index (χ0n) is 15.6. The Morgan fingerprint density at radius 2 is 2.00 bits per heavy atom. The molecule has 1 aliphatic heterocycles. The number of hydrogen-bond donors (Lipinski definition) is 2. The largest absolute Gasteiger partial charge is 0.489 e. The summed E-state index contributed by atoms with van der Waals surface area (Å²) in [5, 5.41) is 10.9. The van der Waals surface area contributed by atoms with Gasteiger partial charge < -0.3 is 20.3 Å². The van der Waals surface area contributed by atoms with Gasteiger partial charge in [-0.1, -0.05) is 29.8 Å². The fourth-order valence-electron chi connectivity index (χ4n) is 3.31. The van der Waals surface area contributed by atoms with Crippen molar-refractivity contribution in [3.8, 4) is 5.75 Å². The van der Waals surface area contributed by atoms with E-state index < -0.39 is 12.0 Å². The third kappa shape index (κ3) is 5.94. The number of aliphatic hydroxyl groups is 1. The van der Waals surface area contributed by atoms with E-state index in [1.54, 1.807) is 30.3 Å². The average molecular weight is 405 g/mol. The van der Waals surface area contributed by atoms with Crippen LogP contribution in [0.25, 0.3) is 0 Å². The van der Waals surface area contributed by atoms with Crippen LogP contribution in [0, 0.1) is 0 Å². The standard InChI is InChI=1S/C21H25ClN2O4/c22-16-5-7-18(8-6-16)28-19-9-10-24(12-19)11-17(25)14-27-13-15-3-1-2-4-20(15)21(23)26/h1-8,17,19,25H,9-14H2,(H2,23,26). The number of rotatable bonds is 9. The van der Waals surface area contributed by atoms with Crippen LogP contribution < -0.4 is 10.5 Å². The minimum Gasteiger partial charge on any atom is -0.489 e. The second kappa shape index (κ2) is 9.89. The Balaban J connectivity index is 1.39. The van der Waals surface area contributed by atoms with Crippen LogP contribution in [-0.2, 0) is 11.3 Å². The van der Waals surface area contributed by atoms with E-state index in [1.807, 2.05) is 18.2 Å². The highest BCUT2D eigenvalue weighted by molar-refractivity contribution is 6.30. The molecule has 1 amide bonds. The first-order valence-electron chi connectivity index (χ1n) is 9.29. The number of halogens is 1. The average Bonchev–Trinajstić information content (AvgIpc) is 3.10. The fourth-order valence-corrected chi connectivity index (χ4v) is 3.43. The summed E-state index contributed by atoms with van der Waals surface area (Å²) in [6, 6.07) is 14.4. The van der Waals surface area contributed by atoms with Crippen LogP contribution >= 0.6 is 11.6 Å². The third-order valence-corrected chi connectivity index (χ3v) is 4.92. The summed E-state index contributed by atoms with van der Waals surface area (Å²) in [5.74, 6) is 0.316. The van der Waals surface area contributed by atoms with Crippen molar-refractivity contribution >= 4 is 17.5 Å². The van der Waals surface area contributed by atoms with Crippen LogP contribution in [0.3, 0.4) is 0 Å². The molecule has 0 spiro atoms. The van der Waals surface area contributed by atoms with Crippen molar-refractivity contribution in [2.75, 3.05) is 26.2 Å². The van der Waals surface area contributed by atoms with Gasteiger partial charge in [-0.2, -0.15) is 0 Å². The molecule has 0 aliphatic carbocycles. The molecule has 2 aromatic carbocycles. The summed E-state index contributed by atoms with van der Waals surface area (Å²) >= 11 is 5.89. The van der Waals surface area contributed by atoms with Gasteiger partial charge in [-0.3, -0.25) is 9.69 Å². The van der Waals surface area contributed by atoms with Crippen molar-refractivity contribution in [3.63, 3.8) is 0 Å². The number of amides is 1. The molecule has 1 fully saturated rings. The number of carbonyl (C=O) groups is 1. The highest BCUT2D eigenvalue weighted by Gasteiger charge is 2.25. The first-order valence-corrected chi connectivity index (χ1v) is 9.67. The molecule has 2 atom stereocenters. The van der Waals surface area contributed by atoms with Crippen molar-refractivity contribution in [3.05, 3.63) is 64.7 Å². The molecule has 0 radical (unpaired) electrons. The minimum absolute atomic E-state index is 0.0942. The van der Waals surface area contributed by atoms with Crippen LogP contribution in [0.1, 0.15) is 22.3 Å². The first-order chi connectivity index (χ1) is 13.5. The molecule has 1 aliphatic rings. The van der Waals surface area contributed by atoms with Gasteiger partial charge in [-0.25, -0.2) is 0 Å². The number of hydrogen-bond acceptors (Lipinski definition) is 5. The Hall–Kier alpha value is -2.12. The maximum atomic E-state index is 11.4. The second-order valence-electron chi connectivity index (χ2n) is 6.93. The molecule has 3 N–H and O–H groups in total. The lowest BCUT2D eigenvalue weighted by Gasteiger charge is -2.20. The molecular formula is C21H25ClN2O4. The van der Waals surface area contributed by atoms with Gasteiger partial charge >= 0.3 is 0 Å². The Kier molecular flexibility index (Phi) is 7.28. The minimum atomic E-state index is -0.616. The van der Waals surface area contributed by atoms with Crippen molar-refractivity contribution in [1.29, 1.82) is 0 Å². The second-order valence-corrected chi connectivity index (χ2v) is 7.37. The van der Waals surface area contributed by atoms with Crippen LogP contribution in [0.5, 0.6) is 5.75 Å². The summed E-state index contributed by atoms with van der Waals surface area (Å²) in [4.78, 5) is 13.6. The third-order valence-electron chi connectivity index (χ3n) is 4.67. The van der Waals surface area contributed by atoms with Crippen LogP contribution in [-0.4, -0.2) is 54.4 Å². The maximum Gasteiger partial charge on any atom is 0.249 e. The number of β-amino-alcohol motifs (C(OH)–C–C–N with tert-alkyl or cyclic N) is 1. The molecule has 150 valence electrons. The van der Waals surface area contributed by atoms with E-state index in [4.69, 9.17) is 26.8 Å². The summed E-state index contributed by atoms with van der Waals surface area (Å²) in [6.07, 6.45) is 0.383. The van der Waals surface area contributed by atoms with E-state index in [0.29, 0.717) is 17.1 Å². The maximum absolute atomic E-state index is 11.4. The van der Waals surface area contributed by atoms with Gasteiger partial charge in [0, 0.05) is 30.2 Å². The summed E-state index contributed by atoms with van der Waals surface area (Å²) in [7, 11) is 0. The van der Waals surface area contributed by atoms with Crippen LogP contribution in [0.15, 0.2) is 48.5 Å². The fraction of sp³-hybridized carbons (Fsp3) is 0.381. The van der Waals surface area contributed by atoms with Gasteiger partial charge in [-0.15, -0.1) is 0 Å². The molecule has 0 bridgehead atoms. The van der Waals surface area contributed by atoms with Crippen molar-refractivity contribution in [2.24, 2.45) is 5.73 Å². The molecule has 3 rings (SSSR count). The number of likely N-dealkylation sites (tertiary alicyclic amines) is 1. The predicted molar refractivity (Wildman–Crippen MR) is 108 cm³/mol. The first kappa shape index (κ1) is 20.6. The molecule has 28 heavy (non-hydrogen) atoms. The normalized spacial score (nSPS) is 18.1. The molecule has 0 saturated carbocycles. The van der Waals surface area contributed by atoms with Crippen LogP contribution in [0.4, 0.5) is 0 Å². The highest BCUT2D eigenvalue weighted by Crippen LogP contribution is 2.20. The Morgan fingerprint density at radius 3 is 2.75 bits per heavy atom. The van der Waals surface area contributed by atoms with Gasteiger partial charge in [-0.05, 0) is 42.3 Å².